The van der Waals surface area contributed by atoms with Crippen LogP contribution in [0, 0.1) is 5.41 Å². The molecule has 1 aliphatic rings. The lowest BCUT2D eigenvalue weighted by Gasteiger charge is -2.38. The minimum Gasteiger partial charge on any atom is -0.486 e. The smallest absolute Gasteiger partial charge is 0.416 e. The van der Waals surface area contributed by atoms with Gasteiger partial charge < -0.3 is 9.84 Å². The molecule has 1 heterocycles. The summed E-state index contributed by atoms with van der Waals surface area (Å²) in [4.78, 5) is 11.1. The zero-order valence-corrected chi connectivity index (χ0v) is 21.6. The van der Waals surface area contributed by atoms with Crippen LogP contribution in [0.3, 0.4) is 0 Å². The third-order valence-corrected chi connectivity index (χ3v) is 8.20. The summed E-state index contributed by atoms with van der Waals surface area (Å²) in [6, 6.07) is 13.1. The van der Waals surface area contributed by atoms with E-state index in [9.17, 15) is 40.3 Å². The molecule has 4 rings (SSSR count). The number of sulfonamides is 1. The highest BCUT2D eigenvalue weighted by Crippen LogP contribution is 2.42. The van der Waals surface area contributed by atoms with Crippen LogP contribution in [0.4, 0.5) is 27.6 Å². The molecule has 1 aliphatic heterocycles. The van der Waals surface area contributed by atoms with Crippen LogP contribution in [-0.4, -0.2) is 32.1 Å². The summed E-state index contributed by atoms with van der Waals surface area (Å²) in [5, 5.41) is 9.55. The van der Waals surface area contributed by atoms with Crippen LogP contribution in [0.5, 0.6) is 5.75 Å². The quantitative estimate of drug-likeness (QED) is 0.318. The maximum Gasteiger partial charge on any atom is 0.416 e. The highest BCUT2D eigenvalue weighted by atomic mass is 32.2. The van der Waals surface area contributed by atoms with Gasteiger partial charge in [-0.25, -0.2) is 17.2 Å². The Bertz CT molecular complexity index is 1500. The Labute approximate surface area is 221 Å². The summed E-state index contributed by atoms with van der Waals surface area (Å²) in [5.41, 5.74) is -1.99. The van der Waals surface area contributed by atoms with E-state index in [0.717, 1.165) is 22.5 Å². The lowest BCUT2D eigenvalue weighted by atomic mass is 9.86. The Morgan fingerprint density at radius 1 is 1.03 bits per heavy atom. The Morgan fingerprint density at radius 2 is 1.69 bits per heavy atom. The Hall–Kier alpha value is -3.67. The van der Waals surface area contributed by atoms with Gasteiger partial charge in [0.05, 0.1) is 28.1 Å². The maximum absolute atomic E-state index is 13.8. The molecule has 0 aliphatic carbocycles. The molecule has 39 heavy (non-hydrogen) atoms. The van der Waals surface area contributed by atoms with Crippen molar-refractivity contribution in [1.29, 1.82) is 0 Å². The van der Waals surface area contributed by atoms with E-state index in [2.05, 4.69) is 0 Å². The van der Waals surface area contributed by atoms with Gasteiger partial charge in [-0.1, -0.05) is 30.3 Å². The molecule has 0 saturated heterocycles. The molecule has 12 heteroatoms. The normalized spacial score (nSPS) is 16.1. The van der Waals surface area contributed by atoms with Crippen LogP contribution < -0.4 is 9.04 Å². The van der Waals surface area contributed by atoms with Crippen molar-refractivity contribution in [3.05, 3.63) is 77.9 Å². The SMILES string of the molecule is CC(C)(C[C@H]1CN(S(=O)(=O)c2cccc(C(F)(F)F)c2)c2cc(-c3cccc(C(F)F)c3)ccc2O1)C(=O)O. The van der Waals surface area contributed by atoms with E-state index in [0.29, 0.717) is 17.2 Å². The lowest BCUT2D eigenvalue weighted by Crippen LogP contribution is -2.46. The first-order valence-corrected chi connectivity index (χ1v) is 13.2. The Balaban J connectivity index is 1.84. The first-order valence-electron chi connectivity index (χ1n) is 11.7. The summed E-state index contributed by atoms with van der Waals surface area (Å²) in [5.74, 6) is -1.09. The zero-order chi connectivity index (χ0) is 28.8. The minimum atomic E-state index is -4.79. The van der Waals surface area contributed by atoms with Crippen molar-refractivity contribution in [2.45, 2.75) is 43.9 Å². The predicted octanol–water partition coefficient (Wildman–Crippen LogP) is 6.77. The van der Waals surface area contributed by atoms with Gasteiger partial charge in [-0.2, -0.15) is 13.2 Å². The second kappa shape index (κ2) is 10.1. The highest BCUT2D eigenvalue weighted by molar-refractivity contribution is 7.92. The van der Waals surface area contributed by atoms with E-state index in [4.69, 9.17) is 4.74 Å². The fourth-order valence-corrected chi connectivity index (χ4v) is 5.84. The Morgan fingerprint density at radius 3 is 2.33 bits per heavy atom. The van der Waals surface area contributed by atoms with Gasteiger partial charge in [-0.05, 0) is 61.4 Å². The van der Waals surface area contributed by atoms with Crippen molar-refractivity contribution < 1.29 is 45.0 Å². The number of carboxylic acids is 1. The highest BCUT2D eigenvalue weighted by Gasteiger charge is 2.40. The van der Waals surface area contributed by atoms with Crippen LogP contribution in [0.2, 0.25) is 0 Å². The number of anilines is 1. The molecule has 0 unspecified atom stereocenters. The molecular weight excluding hydrogens is 545 g/mol. The number of hydrogen-bond acceptors (Lipinski definition) is 4. The average Bonchev–Trinajstić information content (AvgIpc) is 2.87. The van der Waals surface area contributed by atoms with Gasteiger partial charge in [0.15, 0.2) is 0 Å². The number of rotatable bonds is 7. The number of halogens is 5. The molecule has 0 aromatic heterocycles. The van der Waals surface area contributed by atoms with Crippen LogP contribution in [0.15, 0.2) is 71.6 Å². The number of benzene rings is 3. The van der Waals surface area contributed by atoms with E-state index in [1.165, 1.54) is 50.2 Å². The monoisotopic (exact) mass is 569 g/mol. The summed E-state index contributed by atoms with van der Waals surface area (Å²) in [6.07, 6.45) is -8.57. The first-order chi connectivity index (χ1) is 18.1. The van der Waals surface area contributed by atoms with Crippen LogP contribution in [0.25, 0.3) is 11.1 Å². The molecule has 0 bridgehead atoms. The van der Waals surface area contributed by atoms with Gasteiger partial charge in [-0.15, -0.1) is 0 Å². The molecule has 1 N–H and O–H groups in total. The van der Waals surface area contributed by atoms with Crippen molar-refractivity contribution >= 4 is 21.7 Å². The van der Waals surface area contributed by atoms with Crippen molar-refractivity contribution in [2.24, 2.45) is 5.41 Å². The number of hydrogen-bond donors (Lipinski definition) is 1. The van der Waals surface area contributed by atoms with Gasteiger partial charge in [-0.3, -0.25) is 9.10 Å². The molecule has 0 saturated carbocycles. The number of nitrogens with zero attached hydrogens (tertiary/aromatic N) is 1. The maximum atomic E-state index is 13.8. The fraction of sp³-hybridized carbons (Fsp3) is 0.296. The second-order valence-electron chi connectivity index (χ2n) is 9.80. The zero-order valence-electron chi connectivity index (χ0n) is 20.7. The molecule has 0 radical (unpaired) electrons. The number of fused-ring (bicyclic) bond motifs is 1. The topological polar surface area (TPSA) is 83.9 Å². The van der Waals surface area contributed by atoms with Crippen LogP contribution in [-0.2, 0) is 21.0 Å². The van der Waals surface area contributed by atoms with Crippen molar-refractivity contribution in [3.8, 4) is 16.9 Å². The minimum absolute atomic E-state index is 0.0169. The van der Waals surface area contributed by atoms with Gasteiger partial charge in [0.1, 0.15) is 11.9 Å². The molecule has 6 nitrogen and oxygen atoms in total. The first kappa shape index (κ1) is 28.3. The summed E-state index contributed by atoms with van der Waals surface area (Å²) < 4.78 is 101. The van der Waals surface area contributed by atoms with E-state index in [-0.39, 0.29) is 30.0 Å². The Kier molecular flexibility index (Phi) is 7.37. The predicted molar refractivity (Wildman–Crippen MR) is 133 cm³/mol. The van der Waals surface area contributed by atoms with Gasteiger partial charge >= 0.3 is 12.1 Å². The summed E-state index contributed by atoms with van der Waals surface area (Å²) in [6.45, 7) is 2.50. The number of alkyl halides is 5. The molecule has 0 spiro atoms. The van der Waals surface area contributed by atoms with Crippen molar-refractivity contribution in [1.82, 2.24) is 0 Å². The molecule has 1 atom stereocenters. The van der Waals surface area contributed by atoms with E-state index >= 15 is 0 Å². The number of carboxylic acid groups (broad SMARTS) is 1. The third-order valence-electron chi connectivity index (χ3n) is 6.43. The van der Waals surface area contributed by atoms with Gasteiger partial charge in [0, 0.05) is 12.0 Å². The van der Waals surface area contributed by atoms with E-state index in [1.807, 2.05) is 0 Å². The molecule has 208 valence electrons. The van der Waals surface area contributed by atoms with Gasteiger partial charge in [0.2, 0.25) is 0 Å². The molecule has 3 aromatic carbocycles. The van der Waals surface area contributed by atoms with E-state index in [1.54, 1.807) is 6.07 Å². The fourth-order valence-electron chi connectivity index (χ4n) is 4.30. The molecule has 0 fully saturated rings. The van der Waals surface area contributed by atoms with Gasteiger partial charge in [0.25, 0.3) is 16.4 Å². The number of carbonyl (C=O) groups is 1. The molecular formula is C27H24F5NO5S. The summed E-state index contributed by atoms with van der Waals surface area (Å²) >= 11 is 0. The second-order valence-corrected chi connectivity index (χ2v) is 11.7. The van der Waals surface area contributed by atoms with Crippen LogP contribution in [0.1, 0.15) is 37.8 Å². The number of aliphatic carboxylic acids is 1. The molecule has 3 aromatic rings. The van der Waals surface area contributed by atoms with Crippen LogP contribution >= 0.6 is 0 Å². The van der Waals surface area contributed by atoms with Crippen molar-refractivity contribution in [2.75, 3.05) is 10.8 Å². The van der Waals surface area contributed by atoms with Crippen molar-refractivity contribution in [3.63, 3.8) is 0 Å². The summed E-state index contributed by atoms with van der Waals surface area (Å²) in [7, 11) is -4.60. The average molecular weight is 570 g/mol. The third kappa shape index (κ3) is 5.85. The molecule has 0 amide bonds. The standard InChI is InChI=1S/C27H24F5NO5S/c1-26(2,25(34)35)14-20-15-33(39(36,37)21-8-4-7-19(13-21)27(30,31)32)22-12-17(9-10-23(22)38-20)16-5-3-6-18(11-16)24(28)29/h3-13,20,24H,14-15H2,1-2H3,(H,34,35)/t20-/m0/s1. The lowest BCUT2D eigenvalue weighted by molar-refractivity contribution is -0.148. The largest absolute Gasteiger partial charge is 0.486 e. The van der Waals surface area contributed by atoms with E-state index < -0.39 is 50.6 Å². The number of ether oxygens (including phenoxy) is 1.